The van der Waals surface area contributed by atoms with Gasteiger partial charge in [-0.05, 0) is 66.6 Å². The normalized spacial score (nSPS) is 14.9. The molecule has 1 aliphatic rings. The predicted octanol–water partition coefficient (Wildman–Crippen LogP) is 6.05. The Morgan fingerprint density at radius 1 is 0.970 bits per heavy atom. The third kappa shape index (κ3) is 4.99. The molecule has 0 radical (unpaired) electrons. The molecule has 0 aromatic heterocycles. The summed E-state index contributed by atoms with van der Waals surface area (Å²) in [6.45, 7) is 5.41. The molecule has 0 spiro atoms. The fourth-order valence-corrected chi connectivity index (χ4v) is 4.91. The number of methoxy groups -OCH3 is 1. The van der Waals surface area contributed by atoms with Gasteiger partial charge in [-0.3, -0.25) is 9.69 Å². The Bertz CT molecular complexity index is 1220. The van der Waals surface area contributed by atoms with Crippen molar-refractivity contribution in [1.29, 1.82) is 0 Å². The van der Waals surface area contributed by atoms with E-state index in [2.05, 4.69) is 0 Å². The zero-order valence-corrected chi connectivity index (χ0v) is 20.4. The lowest BCUT2D eigenvalue weighted by atomic mass is 10.0. The first-order valence-electron chi connectivity index (χ1n) is 10.7. The summed E-state index contributed by atoms with van der Waals surface area (Å²) in [5.41, 5.74) is 1.83. The van der Waals surface area contributed by atoms with E-state index in [-0.39, 0.29) is 5.91 Å². The van der Waals surface area contributed by atoms with Crippen molar-refractivity contribution in [2.45, 2.75) is 20.4 Å². The number of amides is 1. The monoisotopic (exact) mass is 479 g/mol. The van der Waals surface area contributed by atoms with Crippen molar-refractivity contribution in [2.75, 3.05) is 20.3 Å². The van der Waals surface area contributed by atoms with Crippen molar-refractivity contribution in [3.8, 4) is 17.2 Å². The molecule has 0 atom stereocenters. The number of fused-ring (bicyclic) bond motifs is 1. The molecule has 0 bridgehead atoms. The van der Waals surface area contributed by atoms with Crippen LogP contribution in [0.1, 0.15) is 25.0 Å². The summed E-state index contributed by atoms with van der Waals surface area (Å²) in [7, 11) is 1.63. The average Bonchev–Trinajstić information content (AvgIpc) is 3.09. The van der Waals surface area contributed by atoms with Gasteiger partial charge in [0.25, 0.3) is 5.91 Å². The van der Waals surface area contributed by atoms with E-state index >= 15 is 0 Å². The Morgan fingerprint density at radius 2 is 1.67 bits per heavy atom. The molecule has 0 N–H and O–H groups in total. The van der Waals surface area contributed by atoms with Crippen LogP contribution in [-0.2, 0) is 11.3 Å². The SMILES string of the molecule is CCOc1ccc2ccc(OCC)c(C=C3SC(=S)N(Cc4ccc(OC)cc4)C3=O)c2c1. The molecule has 170 valence electrons. The highest BCUT2D eigenvalue weighted by atomic mass is 32.2. The van der Waals surface area contributed by atoms with Crippen LogP contribution >= 0.6 is 24.0 Å². The Morgan fingerprint density at radius 3 is 2.36 bits per heavy atom. The zero-order chi connectivity index (χ0) is 23.4. The Hall–Kier alpha value is -3.03. The third-order valence-electron chi connectivity index (χ3n) is 5.25. The summed E-state index contributed by atoms with van der Waals surface area (Å²) in [5.74, 6) is 2.16. The molecule has 1 heterocycles. The number of thiocarbonyl (C=S) groups is 1. The highest BCUT2D eigenvalue weighted by Gasteiger charge is 2.32. The number of carbonyl (C=O) groups excluding carboxylic acids is 1. The van der Waals surface area contributed by atoms with Gasteiger partial charge in [0, 0.05) is 5.56 Å². The van der Waals surface area contributed by atoms with Crippen molar-refractivity contribution >= 4 is 51.1 Å². The van der Waals surface area contributed by atoms with Crippen LogP contribution in [0, 0.1) is 0 Å². The molecule has 1 amide bonds. The fourth-order valence-electron chi connectivity index (χ4n) is 3.67. The third-order valence-corrected chi connectivity index (χ3v) is 6.63. The van der Waals surface area contributed by atoms with Crippen LogP contribution < -0.4 is 14.2 Å². The highest BCUT2D eigenvalue weighted by molar-refractivity contribution is 8.26. The molecular formula is C26H25NO4S2. The first-order valence-corrected chi connectivity index (χ1v) is 12.0. The summed E-state index contributed by atoms with van der Waals surface area (Å²) in [6, 6.07) is 17.5. The lowest BCUT2D eigenvalue weighted by molar-refractivity contribution is -0.122. The summed E-state index contributed by atoms with van der Waals surface area (Å²) in [6.07, 6.45) is 1.89. The average molecular weight is 480 g/mol. The number of thioether (sulfide) groups is 1. The second-order valence-corrected chi connectivity index (χ2v) is 9.02. The molecule has 3 aromatic rings. The lowest BCUT2D eigenvalue weighted by Gasteiger charge is -2.15. The van der Waals surface area contributed by atoms with Gasteiger partial charge in [0.2, 0.25) is 0 Å². The minimum absolute atomic E-state index is 0.110. The van der Waals surface area contributed by atoms with Crippen LogP contribution in [0.5, 0.6) is 17.2 Å². The van der Waals surface area contributed by atoms with E-state index in [1.165, 1.54) is 11.8 Å². The fraction of sp³-hybridized carbons (Fsp3) is 0.231. The van der Waals surface area contributed by atoms with Crippen molar-refractivity contribution in [3.05, 3.63) is 70.6 Å². The van der Waals surface area contributed by atoms with Gasteiger partial charge in [-0.25, -0.2) is 0 Å². The van der Waals surface area contributed by atoms with E-state index in [1.54, 1.807) is 12.0 Å². The number of carbonyl (C=O) groups is 1. The number of nitrogens with zero attached hydrogens (tertiary/aromatic N) is 1. The molecule has 0 saturated carbocycles. The summed E-state index contributed by atoms with van der Waals surface area (Å²) >= 11 is 6.86. The second kappa shape index (κ2) is 10.3. The van der Waals surface area contributed by atoms with Crippen LogP contribution in [0.15, 0.2) is 59.5 Å². The molecule has 1 aliphatic heterocycles. The minimum atomic E-state index is -0.110. The molecule has 1 fully saturated rings. The van der Waals surface area contributed by atoms with Gasteiger partial charge in [0.05, 0.1) is 31.8 Å². The zero-order valence-electron chi connectivity index (χ0n) is 18.8. The van der Waals surface area contributed by atoms with Gasteiger partial charge in [-0.2, -0.15) is 0 Å². The van der Waals surface area contributed by atoms with Gasteiger partial charge in [0.15, 0.2) is 0 Å². The van der Waals surface area contributed by atoms with Gasteiger partial charge in [0.1, 0.15) is 21.6 Å². The molecule has 0 aliphatic carbocycles. The number of hydrogen-bond donors (Lipinski definition) is 0. The minimum Gasteiger partial charge on any atom is -0.497 e. The van der Waals surface area contributed by atoms with Crippen LogP contribution in [0.25, 0.3) is 16.8 Å². The topological polar surface area (TPSA) is 48.0 Å². The van der Waals surface area contributed by atoms with Gasteiger partial charge >= 0.3 is 0 Å². The lowest BCUT2D eigenvalue weighted by Crippen LogP contribution is -2.27. The van der Waals surface area contributed by atoms with Crippen molar-refractivity contribution in [3.63, 3.8) is 0 Å². The smallest absolute Gasteiger partial charge is 0.266 e. The standard InChI is InChI=1S/C26H25NO4S2/c1-4-30-20-12-8-18-9-13-23(31-5-2)22(21(18)14-20)15-24-25(28)27(26(32)33-24)16-17-6-10-19(29-3)11-7-17/h6-15H,4-5,16H2,1-3H3. The van der Waals surface area contributed by atoms with E-state index in [0.717, 1.165) is 39.1 Å². The summed E-state index contributed by atoms with van der Waals surface area (Å²) in [5, 5.41) is 2.01. The van der Waals surface area contributed by atoms with Gasteiger partial charge < -0.3 is 14.2 Å². The van der Waals surface area contributed by atoms with Crippen molar-refractivity contribution in [1.82, 2.24) is 4.90 Å². The van der Waals surface area contributed by atoms with Crippen LogP contribution in [-0.4, -0.2) is 35.5 Å². The quantitative estimate of drug-likeness (QED) is 0.290. The van der Waals surface area contributed by atoms with E-state index in [9.17, 15) is 4.79 Å². The molecule has 7 heteroatoms. The molecular weight excluding hydrogens is 454 g/mol. The van der Waals surface area contributed by atoms with Crippen molar-refractivity contribution in [2.24, 2.45) is 0 Å². The molecule has 3 aromatic carbocycles. The van der Waals surface area contributed by atoms with E-state index < -0.39 is 0 Å². The maximum absolute atomic E-state index is 13.3. The van der Waals surface area contributed by atoms with Gasteiger partial charge in [-0.1, -0.05) is 48.2 Å². The largest absolute Gasteiger partial charge is 0.497 e. The molecule has 5 nitrogen and oxygen atoms in total. The van der Waals surface area contributed by atoms with E-state index in [4.69, 9.17) is 26.4 Å². The molecule has 0 unspecified atom stereocenters. The van der Waals surface area contributed by atoms with Crippen LogP contribution in [0.3, 0.4) is 0 Å². The highest BCUT2D eigenvalue weighted by Crippen LogP contribution is 2.38. The van der Waals surface area contributed by atoms with E-state index in [1.807, 2.05) is 74.5 Å². The number of benzene rings is 3. The Labute approximate surface area is 203 Å². The molecule has 1 saturated heterocycles. The number of ether oxygens (including phenoxy) is 3. The Balaban J connectivity index is 1.70. The predicted molar refractivity (Wildman–Crippen MR) is 138 cm³/mol. The number of rotatable bonds is 8. The summed E-state index contributed by atoms with van der Waals surface area (Å²) in [4.78, 5) is 15.5. The maximum atomic E-state index is 13.3. The van der Waals surface area contributed by atoms with Crippen LogP contribution in [0.2, 0.25) is 0 Å². The van der Waals surface area contributed by atoms with Gasteiger partial charge in [-0.15, -0.1) is 0 Å². The van der Waals surface area contributed by atoms with Crippen LogP contribution in [0.4, 0.5) is 0 Å². The summed E-state index contributed by atoms with van der Waals surface area (Å²) < 4.78 is 17.4. The maximum Gasteiger partial charge on any atom is 0.266 e. The number of hydrogen-bond acceptors (Lipinski definition) is 6. The van der Waals surface area contributed by atoms with Crippen molar-refractivity contribution < 1.29 is 19.0 Å². The second-order valence-electron chi connectivity index (χ2n) is 7.34. The first kappa shape index (κ1) is 23.1. The Kier molecular flexibility index (Phi) is 7.20. The molecule has 4 rings (SSSR count). The molecule has 33 heavy (non-hydrogen) atoms. The van der Waals surface area contributed by atoms with E-state index in [0.29, 0.717) is 29.0 Å². The first-order chi connectivity index (χ1) is 16.0.